The summed E-state index contributed by atoms with van der Waals surface area (Å²) in [6.45, 7) is 3.10. The Bertz CT molecular complexity index is 417. The lowest BCUT2D eigenvalue weighted by Crippen LogP contribution is -2.43. The third-order valence-corrected chi connectivity index (χ3v) is 2.79. The monoisotopic (exact) mass is 318 g/mol. The number of ether oxygens (including phenoxy) is 2. The van der Waals surface area contributed by atoms with E-state index in [0.717, 1.165) is 26.2 Å². The van der Waals surface area contributed by atoms with Gasteiger partial charge in [0.1, 0.15) is 0 Å². The average molecular weight is 318 g/mol. The highest BCUT2D eigenvalue weighted by Gasteiger charge is 2.42. The number of carboxylic acids is 1. The molecule has 0 saturated heterocycles. The van der Waals surface area contributed by atoms with Crippen molar-refractivity contribution in [1.29, 1.82) is 0 Å². The van der Waals surface area contributed by atoms with Crippen molar-refractivity contribution in [2.24, 2.45) is 0 Å². The van der Waals surface area contributed by atoms with Gasteiger partial charge in [0.25, 0.3) is 0 Å². The van der Waals surface area contributed by atoms with E-state index in [1.54, 1.807) is 0 Å². The first-order valence-corrected chi connectivity index (χ1v) is 7.04. The van der Waals surface area contributed by atoms with Gasteiger partial charge in [0.2, 0.25) is 0 Å². The molecule has 0 aromatic carbocycles. The first-order valence-electron chi connectivity index (χ1n) is 7.04. The molecule has 8 nitrogen and oxygen atoms in total. The molecule has 1 unspecified atom stereocenters. The van der Waals surface area contributed by atoms with Gasteiger partial charge >= 0.3 is 23.9 Å². The van der Waals surface area contributed by atoms with E-state index in [1.807, 2.05) is 6.92 Å². The van der Waals surface area contributed by atoms with Crippen LogP contribution in [0.3, 0.4) is 0 Å². The minimum absolute atomic E-state index is 0.117. The summed E-state index contributed by atoms with van der Waals surface area (Å²) < 4.78 is 8.97. The van der Waals surface area contributed by atoms with Gasteiger partial charge in [-0.25, -0.2) is 4.79 Å². The van der Waals surface area contributed by atoms with Crippen molar-refractivity contribution < 1.29 is 38.9 Å². The average Bonchev–Trinajstić information content (AvgIpc) is 2.36. The fourth-order valence-electron chi connectivity index (χ4n) is 1.65. The number of esters is 3. The Balaban J connectivity index is 4.43. The Hall–Kier alpha value is -1.96. The highest BCUT2D eigenvalue weighted by Crippen LogP contribution is 2.18. The molecular weight excluding hydrogens is 296 g/mol. The number of carbonyl (C=O) groups excluding carboxylic acids is 3. The summed E-state index contributed by atoms with van der Waals surface area (Å²) in [5.74, 6) is -4.86. The number of aliphatic hydroxyl groups is 1. The zero-order valence-electron chi connectivity index (χ0n) is 12.8. The summed E-state index contributed by atoms with van der Waals surface area (Å²) in [6.07, 6.45) is 1.60. The van der Waals surface area contributed by atoms with Crippen LogP contribution in [0.2, 0.25) is 0 Å². The lowest BCUT2D eigenvalue weighted by Gasteiger charge is -2.21. The molecule has 0 heterocycles. The van der Waals surface area contributed by atoms with Crippen molar-refractivity contribution >= 4 is 23.9 Å². The van der Waals surface area contributed by atoms with Crippen molar-refractivity contribution in [3.05, 3.63) is 0 Å². The highest BCUT2D eigenvalue weighted by molar-refractivity contribution is 5.91. The second-order valence-corrected chi connectivity index (χ2v) is 4.94. The molecule has 8 heteroatoms. The molecule has 0 aliphatic heterocycles. The van der Waals surface area contributed by atoms with E-state index in [0.29, 0.717) is 6.42 Å². The third-order valence-electron chi connectivity index (χ3n) is 2.79. The summed E-state index contributed by atoms with van der Waals surface area (Å²) in [4.78, 5) is 44.4. The van der Waals surface area contributed by atoms with Gasteiger partial charge in [0.15, 0.2) is 5.60 Å². The summed E-state index contributed by atoms with van der Waals surface area (Å²) >= 11 is 0. The second kappa shape index (κ2) is 9.88. The molecule has 0 radical (unpaired) electrons. The van der Waals surface area contributed by atoms with E-state index in [1.165, 1.54) is 0 Å². The molecule has 126 valence electrons. The van der Waals surface area contributed by atoms with Gasteiger partial charge in [-0.3, -0.25) is 14.4 Å². The van der Waals surface area contributed by atoms with Crippen LogP contribution in [0, 0.1) is 0 Å². The van der Waals surface area contributed by atoms with Gasteiger partial charge in [-0.1, -0.05) is 26.2 Å². The molecule has 0 amide bonds. The van der Waals surface area contributed by atoms with Crippen LogP contribution < -0.4 is 0 Å². The SMILES string of the molecule is CCCCCCOC(=O)CC(O)(CC(=O)OC(C)=O)C(=O)O. The van der Waals surface area contributed by atoms with Crippen LogP contribution in [0.15, 0.2) is 0 Å². The van der Waals surface area contributed by atoms with Crippen molar-refractivity contribution in [1.82, 2.24) is 0 Å². The summed E-state index contributed by atoms with van der Waals surface area (Å²) in [7, 11) is 0. The molecule has 0 rings (SSSR count). The maximum absolute atomic E-state index is 11.5. The van der Waals surface area contributed by atoms with Gasteiger partial charge in [-0.15, -0.1) is 0 Å². The lowest BCUT2D eigenvalue weighted by atomic mass is 9.96. The molecule has 0 bridgehead atoms. The maximum atomic E-state index is 11.5. The predicted molar refractivity (Wildman–Crippen MR) is 73.7 cm³/mol. The molecule has 0 aliphatic rings. The summed E-state index contributed by atoms with van der Waals surface area (Å²) in [6, 6.07) is 0. The van der Waals surface area contributed by atoms with Crippen LogP contribution in [-0.4, -0.2) is 46.3 Å². The van der Waals surface area contributed by atoms with Crippen molar-refractivity contribution in [2.45, 2.75) is 58.0 Å². The van der Waals surface area contributed by atoms with Crippen molar-refractivity contribution in [3.8, 4) is 0 Å². The van der Waals surface area contributed by atoms with Gasteiger partial charge in [-0.05, 0) is 6.42 Å². The Labute approximate surface area is 128 Å². The maximum Gasteiger partial charge on any atom is 0.336 e. The van der Waals surface area contributed by atoms with E-state index in [4.69, 9.17) is 9.84 Å². The Morgan fingerprint density at radius 3 is 2.09 bits per heavy atom. The predicted octanol–water partition coefficient (Wildman–Crippen LogP) is 0.796. The Morgan fingerprint density at radius 2 is 1.59 bits per heavy atom. The first-order chi connectivity index (χ1) is 10.2. The number of carbonyl (C=O) groups is 4. The number of carboxylic acid groups (broad SMARTS) is 1. The Kier molecular flexibility index (Phi) is 9.00. The van der Waals surface area contributed by atoms with Gasteiger partial charge in [-0.2, -0.15) is 0 Å². The number of rotatable bonds is 10. The highest BCUT2D eigenvalue weighted by atomic mass is 16.6. The summed E-state index contributed by atoms with van der Waals surface area (Å²) in [5, 5.41) is 18.8. The van der Waals surface area contributed by atoms with E-state index < -0.39 is 42.3 Å². The third kappa shape index (κ3) is 8.35. The minimum Gasteiger partial charge on any atom is -0.479 e. The van der Waals surface area contributed by atoms with Crippen LogP contribution in [0.25, 0.3) is 0 Å². The number of hydrogen-bond acceptors (Lipinski definition) is 7. The normalized spacial score (nSPS) is 13.0. The van der Waals surface area contributed by atoms with Crippen molar-refractivity contribution in [2.75, 3.05) is 6.61 Å². The standard InChI is InChI=1S/C14H22O8/c1-3-4-5-6-7-21-11(16)8-14(20,13(18)19)9-12(17)22-10(2)15/h20H,3-9H2,1-2H3,(H,18,19). The topological polar surface area (TPSA) is 127 Å². The molecule has 0 spiro atoms. The quantitative estimate of drug-likeness (QED) is 0.344. The molecular formula is C14H22O8. The van der Waals surface area contributed by atoms with Crippen LogP contribution in [0.1, 0.15) is 52.4 Å². The minimum atomic E-state index is -2.66. The number of unbranched alkanes of at least 4 members (excludes halogenated alkanes) is 3. The molecule has 22 heavy (non-hydrogen) atoms. The zero-order valence-corrected chi connectivity index (χ0v) is 12.8. The largest absolute Gasteiger partial charge is 0.479 e. The zero-order chi connectivity index (χ0) is 17.2. The van der Waals surface area contributed by atoms with Crippen molar-refractivity contribution in [3.63, 3.8) is 0 Å². The number of hydrogen-bond donors (Lipinski definition) is 2. The smallest absolute Gasteiger partial charge is 0.336 e. The molecule has 2 N–H and O–H groups in total. The molecule has 0 aliphatic carbocycles. The van der Waals surface area contributed by atoms with Crippen LogP contribution >= 0.6 is 0 Å². The van der Waals surface area contributed by atoms with E-state index in [-0.39, 0.29) is 6.61 Å². The molecule has 0 aromatic rings. The van der Waals surface area contributed by atoms with Crippen LogP contribution in [-0.2, 0) is 28.7 Å². The molecule has 0 fully saturated rings. The number of aliphatic carboxylic acids is 1. The van der Waals surface area contributed by atoms with Gasteiger partial charge in [0.05, 0.1) is 19.4 Å². The van der Waals surface area contributed by atoms with E-state index in [2.05, 4.69) is 4.74 Å². The van der Waals surface area contributed by atoms with Crippen LogP contribution in [0.5, 0.6) is 0 Å². The molecule has 0 saturated carbocycles. The molecule has 0 aromatic heterocycles. The summed E-state index contributed by atoms with van der Waals surface area (Å²) in [5.41, 5.74) is -2.66. The fourth-order valence-corrected chi connectivity index (χ4v) is 1.65. The van der Waals surface area contributed by atoms with Gasteiger partial charge in [0, 0.05) is 6.92 Å². The first kappa shape index (κ1) is 20.0. The lowest BCUT2D eigenvalue weighted by molar-refractivity contribution is -0.175. The van der Waals surface area contributed by atoms with E-state index in [9.17, 15) is 24.3 Å². The second-order valence-electron chi connectivity index (χ2n) is 4.94. The van der Waals surface area contributed by atoms with Crippen LogP contribution in [0.4, 0.5) is 0 Å². The fraction of sp³-hybridized carbons (Fsp3) is 0.714. The Morgan fingerprint density at radius 1 is 1.00 bits per heavy atom. The molecule has 1 atom stereocenters. The van der Waals surface area contributed by atoms with Gasteiger partial charge < -0.3 is 19.7 Å². The van der Waals surface area contributed by atoms with E-state index >= 15 is 0 Å².